The highest BCUT2D eigenvalue weighted by molar-refractivity contribution is 5.96. The smallest absolute Gasteiger partial charge is 0.326 e. The van der Waals surface area contributed by atoms with Crippen molar-refractivity contribution >= 4 is 39.4 Å². The van der Waals surface area contributed by atoms with Crippen LogP contribution >= 0.6 is 0 Å². The molecule has 1 unspecified atom stereocenters. The summed E-state index contributed by atoms with van der Waals surface area (Å²) in [4.78, 5) is 38.0. The number of ether oxygens (including phenoxy) is 1. The first-order valence-corrected chi connectivity index (χ1v) is 10.6. The van der Waals surface area contributed by atoms with E-state index >= 15 is 0 Å². The van der Waals surface area contributed by atoms with Gasteiger partial charge in [-0.05, 0) is 55.3 Å². The summed E-state index contributed by atoms with van der Waals surface area (Å²) < 4.78 is 7.16. The molecule has 32 heavy (non-hydrogen) atoms. The second kappa shape index (κ2) is 9.06. The zero-order valence-electron chi connectivity index (χ0n) is 18.0. The summed E-state index contributed by atoms with van der Waals surface area (Å²) in [6.07, 6.45) is -0.0541. The second-order valence-corrected chi connectivity index (χ2v) is 7.62. The number of benzene rings is 3. The molecule has 1 N–H and O–H groups in total. The first-order valence-electron chi connectivity index (χ1n) is 10.6. The zero-order chi connectivity index (χ0) is 22.7. The maximum absolute atomic E-state index is 12.8. The van der Waals surface area contributed by atoms with Crippen LogP contribution in [0.25, 0.3) is 21.8 Å². The minimum atomic E-state index is -0.967. The van der Waals surface area contributed by atoms with Gasteiger partial charge in [-0.15, -0.1) is 0 Å². The van der Waals surface area contributed by atoms with Crippen LogP contribution in [0.1, 0.15) is 19.4 Å². The summed E-state index contributed by atoms with van der Waals surface area (Å²) in [5.41, 5.74) is 3.01. The van der Waals surface area contributed by atoms with E-state index in [9.17, 15) is 14.4 Å². The van der Waals surface area contributed by atoms with Crippen LogP contribution in [0.5, 0.6) is 0 Å². The summed E-state index contributed by atoms with van der Waals surface area (Å²) in [6.45, 7) is 3.48. The topological polar surface area (TPSA) is 77.4 Å². The fourth-order valence-electron chi connectivity index (χ4n) is 3.73. The first kappa shape index (κ1) is 21.3. The lowest BCUT2D eigenvalue weighted by Gasteiger charge is -2.17. The van der Waals surface area contributed by atoms with Crippen LogP contribution in [0.2, 0.25) is 0 Å². The van der Waals surface area contributed by atoms with Gasteiger partial charge in [0.1, 0.15) is 6.54 Å². The molecule has 1 amide bonds. The van der Waals surface area contributed by atoms with E-state index in [0.717, 1.165) is 6.42 Å². The number of anilines is 1. The molecular weight excluding hydrogens is 404 g/mol. The molecule has 0 aliphatic heterocycles. The van der Waals surface area contributed by atoms with Crippen LogP contribution < -0.4 is 10.7 Å². The number of para-hydroxylation sites is 2. The number of amides is 1. The molecule has 0 radical (unpaired) electrons. The normalized spacial score (nSPS) is 11.9. The Balaban J connectivity index is 1.54. The Bertz CT molecular complexity index is 1300. The number of nitrogens with zero attached hydrogens (tertiary/aromatic N) is 1. The minimum Gasteiger partial charge on any atom is -0.451 e. The lowest BCUT2D eigenvalue weighted by molar-refractivity contribution is -0.153. The average molecular weight is 428 g/mol. The van der Waals surface area contributed by atoms with Gasteiger partial charge >= 0.3 is 5.97 Å². The highest BCUT2D eigenvalue weighted by Crippen LogP contribution is 2.19. The molecule has 0 saturated carbocycles. The number of fused-ring (bicyclic) bond motifs is 2. The first-order chi connectivity index (χ1) is 15.5. The van der Waals surface area contributed by atoms with Crippen molar-refractivity contribution in [3.05, 3.63) is 88.6 Å². The predicted molar refractivity (Wildman–Crippen MR) is 126 cm³/mol. The monoisotopic (exact) mass is 428 g/mol. The van der Waals surface area contributed by atoms with Crippen LogP contribution in [0.15, 0.2) is 77.6 Å². The molecule has 3 aromatic carbocycles. The Morgan fingerprint density at radius 1 is 0.906 bits per heavy atom. The van der Waals surface area contributed by atoms with Gasteiger partial charge in [0.2, 0.25) is 0 Å². The number of esters is 1. The predicted octanol–water partition coefficient (Wildman–Crippen LogP) is 4.29. The highest BCUT2D eigenvalue weighted by atomic mass is 16.5. The summed E-state index contributed by atoms with van der Waals surface area (Å²) in [5, 5.41) is 3.82. The van der Waals surface area contributed by atoms with Crippen molar-refractivity contribution in [2.24, 2.45) is 0 Å². The van der Waals surface area contributed by atoms with Crippen molar-refractivity contribution in [2.75, 3.05) is 5.32 Å². The summed E-state index contributed by atoms with van der Waals surface area (Å²) in [5.74, 6) is -0.967. The van der Waals surface area contributed by atoms with Gasteiger partial charge in [-0.2, -0.15) is 0 Å². The molecular formula is C26H24N2O4. The van der Waals surface area contributed by atoms with E-state index in [4.69, 9.17) is 4.74 Å². The van der Waals surface area contributed by atoms with Gasteiger partial charge in [-0.3, -0.25) is 14.4 Å². The Labute approximate surface area is 185 Å². The molecule has 6 nitrogen and oxygen atoms in total. The largest absolute Gasteiger partial charge is 0.451 e. The fourth-order valence-corrected chi connectivity index (χ4v) is 3.73. The van der Waals surface area contributed by atoms with Crippen LogP contribution in [-0.2, 0) is 27.3 Å². The van der Waals surface area contributed by atoms with Gasteiger partial charge < -0.3 is 14.6 Å². The molecule has 4 rings (SSSR count). The number of pyridine rings is 1. The lowest BCUT2D eigenvalue weighted by Crippen LogP contribution is -2.31. The Morgan fingerprint density at radius 3 is 2.03 bits per heavy atom. The maximum Gasteiger partial charge on any atom is 0.326 e. The minimum absolute atomic E-state index is 0.0809. The number of carbonyl (C=O) groups excluding carboxylic acids is 2. The number of nitrogens with one attached hydrogen (secondary N) is 1. The molecule has 1 heterocycles. The Morgan fingerprint density at radius 2 is 1.47 bits per heavy atom. The third-order valence-corrected chi connectivity index (χ3v) is 5.47. The molecule has 0 fully saturated rings. The highest BCUT2D eigenvalue weighted by Gasteiger charge is 2.20. The van der Waals surface area contributed by atoms with Crippen molar-refractivity contribution in [2.45, 2.75) is 32.9 Å². The molecule has 0 spiro atoms. The molecule has 4 aromatic rings. The van der Waals surface area contributed by atoms with Crippen LogP contribution in [0.4, 0.5) is 5.69 Å². The molecule has 0 aliphatic rings. The van der Waals surface area contributed by atoms with E-state index in [0.29, 0.717) is 27.5 Å². The fraction of sp³-hybridized carbons (Fsp3) is 0.192. The average Bonchev–Trinajstić information content (AvgIpc) is 2.82. The Hall–Kier alpha value is -3.93. The van der Waals surface area contributed by atoms with Crippen LogP contribution in [-0.4, -0.2) is 22.5 Å². The molecule has 6 heteroatoms. The van der Waals surface area contributed by atoms with Gasteiger partial charge in [-0.25, -0.2) is 0 Å². The number of aromatic nitrogens is 1. The zero-order valence-corrected chi connectivity index (χ0v) is 18.0. The van der Waals surface area contributed by atoms with Crippen LogP contribution in [0.3, 0.4) is 0 Å². The van der Waals surface area contributed by atoms with Crippen molar-refractivity contribution in [1.82, 2.24) is 4.57 Å². The van der Waals surface area contributed by atoms with Gasteiger partial charge in [0, 0.05) is 16.5 Å². The van der Waals surface area contributed by atoms with Gasteiger partial charge in [0.15, 0.2) is 11.5 Å². The third kappa shape index (κ3) is 4.25. The third-order valence-electron chi connectivity index (χ3n) is 5.47. The van der Waals surface area contributed by atoms with Crippen molar-refractivity contribution in [1.29, 1.82) is 0 Å². The maximum atomic E-state index is 12.8. The summed E-state index contributed by atoms with van der Waals surface area (Å²) in [6, 6.07) is 21.8. The molecule has 0 aliphatic carbocycles. The van der Waals surface area contributed by atoms with Crippen molar-refractivity contribution in [3.63, 3.8) is 0 Å². The molecule has 162 valence electrons. The molecule has 0 bridgehead atoms. The number of aryl methyl sites for hydroxylation is 1. The van der Waals surface area contributed by atoms with E-state index in [1.807, 2.05) is 36.4 Å². The number of hydrogen-bond acceptors (Lipinski definition) is 4. The van der Waals surface area contributed by atoms with Crippen molar-refractivity contribution < 1.29 is 14.3 Å². The second-order valence-electron chi connectivity index (χ2n) is 7.62. The number of carbonyl (C=O) groups is 2. The molecule has 1 aromatic heterocycles. The van der Waals surface area contributed by atoms with E-state index in [1.165, 1.54) is 12.5 Å². The summed E-state index contributed by atoms with van der Waals surface area (Å²) >= 11 is 0. The lowest BCUT2D eigenvalue weighted by atomic mass is 10.1. The van der Waals surface area contributed by atoms with Crippen molar-refractivity contribution in [3.8, 4) is 0 Å². The molecule has 1 atom stereocenters. The SMILES string of the molecule is CCc1ccc(NC(=O)C(C)OC(=O)Cn2c3ccccc3c(=O)c3ccccc32)cc1. The standard InChI is InChI=1S/C26H24N2O4/c1-3-18-12-14-19(15-13-18)27-26(31)17(2)32-24(29)16-28-22-10-6-4-8-20(22)25(30)21-9-5-7-11-23(21)28/h4-15,17H,3,16H2,1-2H3,(H,27,31). The van der Waals surface area contributed by atoms with Gasteiger partial charge in [0.25, 0.3) is 5.91 Å². The summed E-state index contributed by atoms with van der Waals surface area (Å²) in [7, 11) is 0. The van der Waals surface area contributed by atoms with E-state index in [-0.39, 0.29) is 12.0 Å². The number of rotatable bonds is 6. The number of hydrogen-bond donors (Lipinski definition) is 1. The van der Waals surface area contributed by atoms with E-state index in [2.05, 4.69) is 12.2 Å². The van der Waals surface area contributed by atoms with Gasteiger partial charge in [-0.1, -0.05) is 43.3 Å². The van der Waals surface area contributed by atoms with E-state index < -0.39 is 18.0 Å². The molecule has 0 saturated heterocycles. The van der Waals surface area contributed by atoms with Gasteiger partial charge in [0.05, 0.1) is 11.0 Å². The Kier molecular flexibility index (Phi) is 6.03. The quantitative estimate of drug-likeness (QED) is 0.367. The van der Waals surface area contributed by atoms with Crippen LogP contribution in [0, 0.1) is 0 Å². The van der Waals surface area contributed by atoms with E-state index in [1.54, 1.807) is 41.0 Å².